The van der Waals surface area contributed by atoms with E-state index in [-0.39, 0.29) is 0 Å². The Morgan fingerprint density at radius 1 is 1.23 bits per heavy atom. The highest BCUT2D eigenvalue weighted by molar-refractivity contribution is 9.11. The second-order valence-corrected chi connectivity index (χ2v) is 4.74. The van der Waals surface area contributed by atoms with Crippen molar-refractivity contribution in [3.8, 4) is 11.3 Å². The van der Waals surface area contributed by atoms with Gasteiger partial charge >= 0.3 is 0 Å². The lowest BCUT2D eigenvalue weighted by atomic mass is 10.2. The van der Waals surface area contributed by atoms with E-state index in [4.69, 9.17) is 5.73 Å². The normalized spacial score (nSPS) is 10.2. The lowest BCUT2D eigenvalue weighted by Crippen LogP contribution is -1.83. The summed E-state index contributed by atoms with van der Waals surface area (Å²) in [6, 6.07) is 7.69. The van der Waals surface area contributed by atoms with Crippen molar-refractivity contribution in [3.63, 3.8) is 0 Å². The van der Waals surface area contributed by atoms with Crippen LogP contribution in [0.2, 0.25) is 0 Å². The molecule has 0 saturated heterocycles. The number of rotatable bonds is 1. The van der Waals surface area contributed by atoms with Crippen LogP contribution >= 0.6 is 27.3 Å². The van der Waals surface area contributed by atoms with Crippen LogP contribution in [0.15, 0.2) is 33.6 Å². The summed E-state index contributed by atoms with van der Waals surface area (Å²) >= 11 is 4.90. The molecule has 0 amide bonds. The summed E-state index contributed by atoms with van der Waals surface area (Å²) in [5, 5.41) is 2.01. The molecule has 0 aliphatic rings. The predicted octanol–water partition coefficient (Wildman–Crippen LogP) is 3.15. The largest absolute Gasteiger partial charge is 0.399 e. The molecule has 0 unspecified atom stereocenters. The zero-order valence-corrected chi connectivity index (χ0v) is 9.10. The maximum atomic E-state index is 5.58. The number of hydrogen-bond acceptors (Lipinski definition) is 3. The predicted molar refractivity (Wildman–Crippen MR) is 59.7 cm³/mol. The zero-order valence-electron chi connectivity index (χ0n) is 6.70. The summed E-state index contributed by atoms with van der Waals surface area (Å²) < 4.78 is 0.902. The van der Waals surface area contributed by atoms with Crippen LogP contribution in [-0.4, -0.2) is 4.98 Å². The van der Waals surface area contributed by atoms with E-state index in [1.165, 1.54) is 0 Å². The summed E-state index contributed by atoms with van der Waals surface area (Å²) in [5.74, 6) is 0. The Morgan fingerprint density at radius 3 is 2.46 bits per heavy atom. The standard InChI is InChI=1S/C9H7BrN2S/c10-9-12-8(5-13-9)6-1-3-7(11)4-2-6/h1-5H,11H2. The summed E-state index contributed by atoms with van der Waals surface area (Å²) in [4.78, 5) is 4.30. The highest BCUT2D eigenvalue weighted by Gasteiger charge is 2.01. The zero-order chi connectivity index (χ0) is 9.26. The topological polar surface area (TPSA) is 38.9 Å². The van der Waals surface area contributed by atoms with E-state index < -0.39 is 0 Å². The van der Waals surface area contributed by atoms with Gasteiger partial charge in [-0.15, -0.1) is 11.3 Å². The minimum Gasteiger partial charge on any atom is -0.399 e. The van der Waals surface area contributed by atoms with Gasteiger partial charge in [0.15, 0.2) is 3.92 Å². The molecule has 0 aliphatic heterocycles. The van der Waals surface area contributed by atoms with Crippen molar-refractivity contribution >= 4 is 33.0 Å². The van der Waals surface area contributed by atoms with E-state index >= 15 is 0 Å². The first-order chi connectivity index (χ1) is 6.25. The molecule has 2 rings (SSSR count). The van der Waals surface area contributed by atoms with Crippen LogP contribution in [0.1, 0.15) is 0 Å². The van der Waals surface area contributed by atoms with Crippen molar-refractivity contribution in [1.82, 2.24) is 4.98 Å². The number of anilines is 1. The van der Waals surface area contributed by atoms with Crippen LogP contribution < -0.4 is 5.73 Å². The summed E-state index contributed by atoms with van der Waals surface area (Å²) in [5.41, 5.74) is 8.44. The molecule has 0 saturated carbocycles. The fraction of sp³-hybridized carbons (Fsp3) is 0. The van der Waals surface area contributed by atoms with Gasteiger partial charge in [0.1, 0.15) is 0 Å². The fourth-order valence-electron chi connectivity index (χ4n) is 1.04. The van der Waals surface area contributed by atoms with Gasteiger partial charge in [0.2, 0.25) is 0 Å². The third kappa shape index (κ3) is 1.89. The second kappa shape index (κ2) is 3.47. The van der Waals surface area contributed by atoms with Gasteiger partial charge in [-0.1, -0.05) is 12.1 Å². The first-order valence-electron chi connectivity index (χ1n) is 3.72. The maximum absolute atomic E-state index is 5.58. The van der Waals surface area contributed by atoms with Crippen LogP contribution in [0, 0.1) is 0 Å². The second-order valence-electron chi connectivity index (χ2n) is 2.61. The molecule has 66 valence electrons. The van der Waals surface area contributed by atoms with Gasteiger partial charge in [0, 0.05) is 16.6 Å². The van der Waals surface area contributed by atoms with E-state index in [1.54, 1.807) is 11.3 Å². The van der Waals surface area contributed by atoms with Gasteiger partial charge in [-0.05, 0) is 28.1 Å². The van der Waals surface area contributed by atoms with E-state index in [0.717, 1.165) is 20.9 Å². The Hall–Kier alpha value is -0.870. The van der Waals surface area contributed by atoms with Gasteiger partial charge in [-0.2, -0.15) is 0 Å². The molecular weight excluding hydrogens is 248 g/mol. The molecule has 0 aliphatic carbocycles. The molecule has 13 heavy (non-hydrogen) atoms. The minimum absolute atomic E-state index is 0.776. The number of thiazole rings is 1. The first-order valence-corrected chi connectivity index (χ1v) is 5.40. The molecule has 0 fully saturated rings. The third-order valence-electron chi connectivity index (χ3n) is 1.68. The molecule has 0 spiro atoms. The smallest absolute Gasteiger partial charge is 0.159 e. The number of aromatic nitrogens is 1. The van der Waals surface area contributed by atoms with Crippen molar-refractivity contribution in [3.05, 3.63) is 33.6 Å². The van der Waals surface area contributed by atoms with Gasteiger partial charge in [-0.25, -0.2) is 4.98 Å². The van der Waals surface area contributed by atoms with Crippen LogP contribution in [0.5, 0.6) is 0 Å². The van der Waals surface area contributed by atoms with Gasteiger partial charge in [-0.3, -0.25) is 0 Å². The Labute approximate surface area is 88.6 Å². The number of benzene rings is 1. The Morgan fingerprint density at radius 2 is 1.92 bits per heavy atom. The van der Waals surface area contributed by atoms with Gasteiger partial charge in [0.25, 0.3) is 0 Å². The molecule has 0 radical (unpaired) electrons. The van der Waals surface area contributed by atoms with Gasteiger partial charge in [0.05, 0.1) is 5.69 Å². The Balaban J connectivity index is 2.41. The molecule has 0 atom stereocenters. The molecule has 1 aromatic carbocycles. The molecule has 1 heterocycles. The van der Waals surface area contributed by atoms with Crippen LogP contribution in [0.4, 0.5) is 5.69 Å². The quantitative estimate of drug-likeness (QED) is 0.795. The van der Waals surface area contributed by atoms with Crippen molar-refractivity contribution in [2.45, 2.75) is 0 Å². The Kier molecular flexibility index (Phi) is 2.33. The van der Waals surface area contributed by atoms with E-state index in [1.807, 2.05) is 29.6 Å². The highest BCUT2D eigenvalue weighted by Crippen LogP contribution is 2.25. The van der Waals surface area contributed by atoms with E-state index in [0.29, 0.717) is 0 Å². The number of nitrogen functional groups attached to an aromatic ring is 1. The van der Waals surface area contributed by atoms with Crippen molar-refractivity contribution in [2.75, 3.05) is 5.73 Å². The molecule has 0 bridgehead atoms. The SMILES string of the molecule is Nc1ccc(-c2csc(Br)n2)cc1. The first kappa shape index (κ1) is 8.72. The monoisotopic (exact) mass is 254 g/mol. The van der Waals surface area contributed by atoms with Crippen molar-refractivity contribution in [1.29, 1.82) is 0 Å². The number of nitrogens with zero attached hydrogens (tertiary/aromatic N) is 1. The number of nitrogens with two attached hydrogens (primary N) is 1. The average molecular weight is 255 g/mol. The average Bonchev–Trinajstić information content (AvgIpc) is 2.53. The maximum Gasteiger partial charge on any atom is 0.159 e. The van der Waals surface area contributed by atoms with Crippen LogP contribution in [0.25, 0.3) is 11.3 Å². The molecule has 2 aromatic rings. The van der Waals surface area contributed by atoms with E-state index in [2.05, 4.69) is 20.9 Å². The summed E-state index contributed by atoms with van der Waals surface area (Å²) in [6.45, 7) is 0. The molecule has 1 aromatic heterocycles. The third-order valence-corrected chi connectivity index (χ3v) is 3.05. The minimum atomic E-state index is 0.776. The highest BCUT2D eigenvalue weighted by atomic mass is 79.9. The number of hydrogen-bond donors (Lipinski definition) is 1. The fourth-order valence-corrected chi connectivity index (χ4v) is 2.06. The summed E-state index contributed by atoms with van der Waals surface area (Å²) in [7, 11) is 0. The molecule has 2 nitrogen and oxygen atoms in total. The number of halogens is 1. The molecule has 4 heteroatoms. The van der Waals surface area contributed by atoms with Gasteiger partial charge < -0.3 is 5.73 Å². The lowest BCUT2D eigenvalue weighted by Gasteiger charge is -1.96. The Bertz CT molecular complexity index is 408. The van der Waals surface area contributed by atoms with Crippen molar-refractivity contribution in [2.24, 2.45) is 0 Å². The van der Waals surface area contributed by atoms with Crippen LogP contribution in [-0.2, 0) is 0 Å². The molecular formula is C9H7BrN2S. The summed E-state index contributed by atoms with van der Waals surface area (Å²) in [6.07, 6.45) is 0. The lowest BCUT2D eigenvalue weighted by molar-refractivity contribution is 1.37. The molecule has 2 N–H and O–H groups in total. The van der Waals surface area contributed by atoms with Crippen LogP contribution in [0.3, 0.4) is 0 Å². The van der Waals surface area contributed by atoms with Crippen molar-refractivity contribution < 1.29 is 0 Å². The van der Waals surface area contributed by atoms with E-state index in [9.17, 15) is 0 Å².